The van der Waals surface area contributed by atoms with E-state index >= 15 is 0 Å². The minimum atomic E-state index is -5.14. The number of rotatable bonds is 7. The third kappa shape index (κ3) is 9.10. The first-order valence-electron chi connectivity index (χ1n) is 21.6. The lowest BCUT2D eigenvalue weighted by Crippen LogP contribution is -2.11. The largest absolute Gasteiger partial charge is 0.416 e. The summed E-state index contributed by atoms with van der Waals surface area (Å²) in [5.74, 6) is 0.272. The van der Waals surface area contributed by atoms with Crippen molar-refractivity contribution in [2.75, 3.05) is 0 Å². The van der Waals surface area contributed by atoms with E-state index in [0.29, 0.717) is 45.2 Å². The van der Waals surface area contributed by atoms with Crippen molar-refractivity contribution in [3.05, 3.63) is 210 Å². The van der Waals surface area contributed by atoms with Crippen LogP contribution in [0.1, 0.15) is 22.3 Å². The molecule has 10 rings (SSSR count). The molecule has 0 atom stereocenters. The van der Waals surface area contributed by atoms with Crippen molar-refractivity contribution in [3.63, 3.8) is 0 Å². The third-order valence-corrected chi connectivity index (χ3v) is 12.1. The van der Waals surface area contributed by atoms with Crippen molar-refractivity contribution in [3.8, 4) is 73.0 Å². The van der Waals surface area contributed by atoms with E-state index in [0.717, 1.165) is 24.3 Å². The Hall–Kier alpha value is -8.20. The average Bonchev–Trinajstić information content (AvgIpc) is 3.68. The Bertz CT molecular complexity index is 3480. The highest BCUT2D eigenvalue weighted by Crippen LogP contribution is 2.47. The molecule has 0 amide bonds. The van der Waals surface area contributed by atoms with Crippen molar-refractivity contribution >= 4 is 21.8 Å². The molecule has 0 saturated carbocycles. The fourth-order valence-electron chi connectivity index (χ4n) is 8.77. The number of alkyl halides is 12. The highest BCUT2D eigenvalue weighted by Gasteiger charge is 2.38. The second-order valence-corrected chi connectivity index (χ2v) is 16.7. The number of para-hydroxylation sites is 1. The van der Waals surface area contributed by atoms with Gasteiger partial charge in [0.2, 0.25) is 0 Å². The molecule has 2 aromatic heterocycles. The number of halogens is 12. The summed E-state index contributed by atoms with van der Waals surface area (Å²) in [6.45, 7) is 0. The van der Waals surface area contributed by atoms with Gasteiger partial charge in [-0.3, -0.25) is 0 Å². The van der Waals surface area contributed by atoms with Gasteiger partial charge in [-0.25, -0.2) is 9.97 Å². The molecule has 0 unspecified atom stereocenters. The molecule has 0 saturated heterocycles. The summed E-state index contributed by atoms with van der Waals surface area (Å²) in [6, 6.07) is 43.7. The Balaban J connectivity index is 1.33. The molecule has 0 aliphatic heterocycles. The predicted molar refractivity (Wildman–Crippen MR) is 249 cm³/mol. The topological polar surface area (TPSA) is 30.7 Å². The van der Waals surface area contributed by atoms with Crippen LogP contribution in [-0.2, 0) is 24.7 Å². The fraction of sp³-hybridized carbons (Fsp3) is 0.0714. The molecule has 0 bridgehead atoms. The maximum atomic E-state index is 14.6. The van der Waals surface area contributed by atoms with Gasteiger partial charge in [-0.05, 0) is 101 Å². The zero-order valence-electron chi connectivity index (χ0n) is 36.3. The van der Waals surface area contributed by atoms with Crippen molar-refractivity contribution < 1.29 is 52.7 Å². The monoisotopic (exact) mass is 973 g/mol. The van der Waals surface area contributed by atoms with Crippen LogP contribution in [0.5, 0.6) is 0 Å². The van der Waals surface area contributed by atoms with Gasteiger partial charge in [-0.1, -0.05) is 109 Å². The summed E-state index contributed by atoms with van der Waals surface area (Å²) in [5.41, 5.74) is -2.34. The number of aromatic nitrogens is 3. The molecule has 0 radical (unpaired) electrons. The molecular weight excluding hydrogens is 943 g/mol. The van der Waals surface area contributed by atoms with Crippen LogP contribution < -0.4 is 0 Å². The van der Waals surface area contributed by atoms with E-state index in [1.165, 1.54) is 42.5 Å². The molecule has 0 aliphatic rings. The fourth-order valence-corrected chi connectivity index (χ4v) is 8.77. The molecule has 354 valence electrons. The number of hydrogen-bond acceptors (Lipinski definition) is 2. The maximum absolute atomic E-state index is 14.6. The van der Waals surface area contributed by atoms with Gasteiger partial charge < -0.3 is 4.57 Å². The van der Waals surface area contributed by atoms with Crippen molar-refractivity contribution in [2.45, 2.75) is 24.7 Å². The van der Waals surface area contributed by atoms with E-state index in [-0.39, 0.29) is 62.2 Å². The lowest BCUT2D eigenvalue weighted by Gasteiger charge is -2.22. The van der Waals surface area contributed by atoms with Crippen LogP contribution in [0.25, 0.3) is 94.8 Å². The smallest absolute Gasteiger partial charge is 0.308 e. The number of benzene rings is 8. The van der Waals surface area contributed by atoms with E-state index in [9.17, 15) is 52.7 Å². The van der Waals surface area contributed by atoms with Crippen LogP contribution in [0.2, 0.25) is 0 Å². The second kappa shape index (κ2) is 17.3. The van der Waals surface area contributed by atoms with Gasteiger partial charge in [-0.2, -0.15) is 52.7 Å². The quantitative estimate of drug-likeness (QED) is 0.149. The summed E-state index contributed by atoms with van der Waals surface area (Å²) in [6.07, 6.45) is -19.9. The summed E-state index contributed by atoms with van der Waals surface area (Å²) in [7, 11) is 0. The van der Waals surface area contributed by atoms with E-state index in [2.05, 4.69) is 0 Å². The van der Waals surface area contributed by atoms with Crippen molar-refractivity contribution in [1.29, 1.82) is 0 Å². The van der Waals surface area contributed by atoms with Crippen molar-refractivity contribution in [1.82, 2.24) is 14.5 Å². The van der Waals surface area contributed by atoms with Crippen molar-refractivity contribution in [2.24, 2.45) is 0 Å². The Kier molecular flexibility index (Phi) is 11.4. The normalized spacial score (nSPS) is 12.5. The zero-order valence-corrected chi connectivity index (χ0v) is 36.3. The summed E-state index contributed by atoms with van der Waals surface area (Å²) in [4.78, 5) is 9.79. The Morgan fingerprint density at radius 1 is 0.296 bits per heavy atom. The molecule has 0 spiro atoms. The molecular formula is C56H31F12N3. The van der Waals surface area contributed by atoms with E-state index in [1.54, 1.807) is 89.5 Å². The van der Waals surface area contributed by atoms with Crippen LogP contribution in [-0.4, -0.2) is 14.5 Å². The van der Waals surface area contributed by atoms with Crippen LogP contribution in [0, 0.1) is 0 Å². The Labute approximate surface area is 395 Å². The lowest BCUT2D eigenvalue weighted by molar-refractivity contribution is -0.143. The number of nitrogens with zero attached hydrogens (tertiary/aromatic N) is 3. The third-order valence-electron chi connectivity index (χ3n) is 12.1. The first-order valence-corrected chi connectivity index (χ1v) is 21.6. The van der Waals surface area contributed by atoms with Gasteiger partial charge in [0.05, 0.1) is 50.4 Å². The summed E-state index contributed by atoms with van der Waals surface area (Å²) in [5, 5.41) is 0.714. The molecule has 3 nitrogen and oxygen atoms in total. The van der Waals surface area contributed by atoms with Crippen LogP contribution in [0.4, 0.5) is 52.7 Å². The first-order chi connectivity index (χ1) is 33.7. The molecule has 0 N–H and O–H groups in total. The summed E-state index contributed by atoms with van der Waals surface area (Å²) < 4.78 is 174. The minimum Gasteiger partial charge on any atom is -0.308 e. The van der Waals surface area contributed by atoms with Crippen LogP contribution >= 0.6 is 0 Å². The predicted octanol–water partition coefficient (Wildman–Crippen LogP) is 17.7. The highest BCUT2D eigenvalue weighted by molar-refractivity contribution is 6.12. The minimum absolute atomic E-state index is 0.00304. The first kappa shape index (κ1) is 46.5. The van der Waals surface area contributed by atoms with Gasteiger partial charge in [0.25, 0.3) is 0 Å². The summed E-state index contributed by atoms with van der Waals surface area (Å²) >= 11 is 0. The maximum Gasteiger partial charge on any atom is 0.416 e. The van der Waals surface area contributed by atoms with Gasteiger partial charge in [-0.15, -0.1) is 0 Å². The average molecular weight is 974 g/mol. The molecule has 2 heterocycles. The molecule has 8 aromatic carbocycles. The van der Waals surface area contributed by atoms with Gasteiger partial charge in [0.15, 0.2) is 5.82 Å². The molecule has 10 aromatic rings. The zero-order chi connectivity index (χ0) is 50.0. The number of fused-ring (bicyclic) bond motifs is 3. The molecule has 0 aliphatic carbocycles. The molecule has 0 fully saturated rings. The lowest BCUT2D eigenvalue weighted by atomic mass is 9.90. The standard InChI is InChI=1S/C56H31F12N3/c57-53(58,59)39-17-9-15-35(23-39)44-28-38(48-31-47(32-11-3-1-4-12-32)69-52(70-48)33-13-5-2-6-14-33)29-45(36-16-10-18-40(24-36)54(60,61)62)51(44)71-49-20-8-7-19-43(49)46-27-34(21-22-50(46)71)37-25-41(55(63,64)65)30-42(26-37)56(66,67)68/h1-31H. The van der Waals surface area contributed by atoms with Gasteiger partial charge >= 0.3 is 24.7 Å². The number of hydrogen-bond donors (Lipinski definition) is 0. The van der Waals surface area contributed by atoms with Crippen LogP contribution in [0.3, 0.4) is 0 Å². The molecule has 15 heteroatoms. The van der Waals surface area contributed by atoms with Gasteiger partial charge in [0, 0.05) is 38.6 Å². The van der Waals surface area contributed by atoms with E-state index in [4.69, 9.17) is 9.97 Å². The van der Waals surface area contributed by atoms with Crippen LogP contribution in [0.15, 0.2) is 188 Å². The highest BCUT2D eigenvalue weighted by atomic mass is 19.4. The SMILES string of the molecule is FC(F)(F)c1cccc(-c2cc(-c3cc(-c4ccccc4)nc(-c4ccccc4)n3)cc(-c3cccc(C(F)(F)F)c3)c2-n2c3ccccc3c3cc(-c4cc(C(F)(F)F)cc(C(F)(F)F)c4)ccc32)c1. The van der Waals surface area contributed by atoms with E-state index < -0.39 is 52.5 Å². The Morgan fingerprint density at radius 3 is 1.28 bits per heavy atom. The van der Waals surface area contributed by atoms with Gasteiger partial charge in [0.1, 0.15) is 0 Å². The van der Waals surface area contributed by atoms with E-state index in [1.807, 2.05) is 18.2 Å². The second-order valence-electron chi connectivity index (χ2n) is 16.7. The molecule has 71 heavy (non-hydrogen) atoms. The Morgan fingerprint density at radius 2 is 0.746 bits per heavy atom.